The molecule has 0 spiro atoms. The maximum Gasteiger partial charge on any atom is 0.173 e. The average molecular weight is 247 g/mol. The fourth-order valence-corrected chi connectivity index (χ4v) is 1.25. The van der Waals surface area contributed by atoms with Gasteiger partial charge in [0.05, 0.1) is 11.9 Å². The van der Waals surface area contributed by atoms with Crippen LogP contribution >= 0.6 is 15.9 Å². The molecular formula is C9H8BrFO2. The molecule has 0 bridgehead atoms. The minimum absolute atomic E-state index is 0.172. The normalized spacial score (nSPS) is 10.1. The summed E-state index contributed by atoms with van der Waals surface area (Å²) in [4.78, 5) is 11.1. The second-order valence-corrected chi connectivity index (χ2v) is 3.08. The topological polar surface area (TPSA) is 37.3 Å². The summed E-state index contributed by atoms with van der Waals surface area (Å²) in [5.41, 5.74) is 0.512. The number of hydrogen-bond acceptors (Lipinski definition) is 2. The first-order valence-electron chi connectivity index (χ1n) is 3.67. The standard InChI is InChI=1S/C9H8BrFO2/c10-4-9(13)6-1-2-7(5-12)8(11)3-6/h1-3,12H,4-5H2. The van der Waals surface area contributed by atoms with Crippen LogP contribution in [0.2, 0.25) is 0 Å². The van der Waals surface area contributed by atoms with Crippen LogP contribution in [0, 0.1) is 5.82 Å². The number of alkyl halides is 1. The molecule has 1 aromatic rings. The predicted molar refractivity (Wildman–Crippen MR) is 50.4 cm³/mol. The summed E-state index contributed by atoms with van der Waals surface area (Å²) >= 11 is 2.99. The molecular weight excluding hydrogens is 239 g/mol. The number of rotatable bonds is 3. The van der Waals surface area contributed by atoms with Crippen molar-refractivity contribution < 1.29 is 14.3 Å². The number of benzene rings is 1. The highest BCUT2D eigenvalue weighted by Crippen LogP contribution is 2.11. The molecule has 0 radical (unpaired) electrons. The largest absolute Gasteiger partial charge is 0.392 e. The van der Waals surface area contributed by atoms with Gasteiger partial charge in [-0.1, -0.05) is 28.1 Å². The number of aliphatic hydroxyl groups is 1. The van der Waals surface area contributed by atoms with Crippen LogP contribution in [-0.2, 0) is 6.61 Å². The van der Waals surface area contributed by atoms with E-state index >= 15 is 0 Å². The number of hydrogen-bond donors (Lipinski definition) is 1. The van der Waals surface area contributed by atoms with E-state index in [9.17, 15) is 9.18 Å². The lowest BCUT2D eigenvalue weighted by molar-refractivity contribution is 0.102. The number of carbonyl (C=O) groups excluding carboxylic acids is 1. The van der Waals surface area contributed by atoms with Gasteiger partial charge in [0.2, 0.25) is 0 Å². The van der Waals surface area contributed by atoms with Crippen molar-refractivity contribution in [2.24, 2.45) is 0 Å². The molecule has 0 amide bonds. The Hall–Kier alpha value is -0.740. The van der Waals surface area contributed by atoms with Crippen LogP contribution in [0.15, 0.2) is 18.2 Å². The molecule has 0 atom stereocenters. The first-order valence-corrected chi connectivity index (χ1v) is 4.79. The molecule has 0 heterocycles. The van der Waals surface area contributed by atoms with Crippen molar-refractivity contribution in [2.45, 2.75) is 6.61 Å². The van der Waals surface area contributed by atoms with Gasteiger partial charge in [-0.2, -0.15) is 0 Å². The van der Waals surface area contributed by atoms with Gasteiger partial charge in [-0.3, -0.25) is 4.79 Å². The van der Waals surface area contributed by atoms with Gasteiger partial charge >= 0.3 is 0 Å². The van der Waals surface area contributed by atoms with Crippen molar-refractivity contribution in [3.05, 3.63) is 35.1 Å². The summed E-state index contributed by atoms with van der Waals surface area (Å²) in [5, 5.41) is 8.84. The molecule has 13 heavy (non-hydrogen) atoms. The van der Waals surface area contributed by atoms with Crippen molar-refractivity contribution >= 4 is 21.7 Å². The number of carbonyl (C=O) groups is 1. The van der Waals surface area contributed by atoms with Crippen molar-refractivity contribution in [3.63, 3.8) is 0 Å². The maximum absolute atomic E-state index is 13.0. The van der Waals surface area contributed by atoms with E-state index in [1.807, 2.05) is 0 Å². The number of aliphatic hydroxyl groups excluding tert-OH is 1. The van der Waals surface area contributed by atoms with Crippen molar-refractivity contribution in [1.82, 2.24) is 0 Å². The van der Waals surface area contributed by atoms with Crippen LogP contribution in [0.3, 0.4) is 0 Å². The van der Waals surface area contributed by atoms with Crippen LogP contribution in [0.25, 0.3) is 0 Å². The van der Waals surface area contributed by atoms with Gasteiger partial charge in [0, 0.05) is 11.1 Å². The number of ketones is 1. The zero-order chi connectivity index (χ0) is 9.84. The second-order valence-electron chi connectivity index (χ2n) is 2.52. The molecule has 0 fully saturated rings. The molecule has 0 aromatic heterocycles. The van der Waals surface area contributed by atoms with Crippen LogP contribution in [0.5, 0.6) is 0 Å². The van der Waals surface area contributed by atoms with Crippen molar-refractivity contribution in [3.8, 4) is 0 Å². The number of halogens is 2. The lowest BCUT2D eigenvalue weighted by Gasteiger charge is -2.01. The summed E-state index contributed by atoms with van der Waals surface area (Å²) in [6.45, 7) is -0.353. The smallest absolute Gasteiger partial charge is 0.173 e. The molecule has 0 aliphatic rings. The summed E-state index contributed by atoms with van der Waals surface area (Å²) in [6, 6.07) is 4.04. The Balaban J connectivity index is 3.02. The molecule has 0 unspecified atom stereocenters. The zero-order valence-corrected chi connectivity index (χ0v) is 8.34. The number of Topliss-reactive ketones (excluding diaryl/α,β-unsaturated/α-hetero) is 1. The SMILES string of the molecule is O=C(CBr)c1ccc(CO)c(F)c1. The Morgan fingerprint density at radius 3 is 2.69 bits per heavy atom. The van der Waals surface area contributed by atoms with E-state index in [1.165, 1.54) is 12.1 Å². The molecule has 70 valence electrons. The van der Waals surface area contributed by atoms with Gasteiger partial charge in [0.1, 0.15) is 5.82 Å². The van der Waals surface area contributed by atoms with Crippen molar-refractivity contribution in [2.75, 3.05) is 5.33 Å². The maximum atomic E-state index is 13.0. The van der Waals surface area contributed by atoms with Gasteiger partial charge < -0.3 is 5.11 Å². The highest BCUT2D eigenvalue weighted by molar-refractivity contribution is 9.09. The Morgan fingerprint density at radius 2 is 2.23 bits per heavy atom. The van der Waals surface area contributed by atoms with E-state index in [0.717, 1.165) is 6.07 Å². The van der Waals surface area contributed by atoms with Gasteiger partial charge in [0.15, 0.2) is 5.78 Å². The Morgan fingerprint density at radius 1 is 1.54 bits per heavy atom. The second kappa shape index (κ2) is 4.48. The van der Waals surface area contributed by atoms with Gasteiger partial charge in [0.25, 0.3) is 0 Å². The van der Waals surface area contributed by atoms with E-state index in [4.69, 9.17) is 5.11 Å². The highest BCUT2D eigenvalue weighted by atomic mass is 79.9. The average Bonchev–Trinajstić information content (AvgIpc) is 2.16. The third-order valence-corrected chi connectivity index (χ3v) is 2.18. The summed E-state index contributed by atoms with van der Waals surface area (Å²) in [7, 11) is 0. The van der Waals surface area contributed by atoms with E-state index in [2.05, 4.69) is 15.9 Å². The minimum Gasteiger partial charge on any atom is -0.392 e. The third-order valence-electron chi connectivity index (χ3n) is 1.67. The molecule has 0 aliphatic heterocycles. The fraction of sp³-hybridized carbons (Fsp3) is 0.222. The van der Waals surface area contributed by atoms with Crippen LogP contribution < -0.4 is 0 Å². The van der Waals surface area contributed by atoms with Crippen LogP contribution in [0.4, 0.5) is 4.39 Å². The van der Waals surface area contributed by atoms with E-state index in [0.29, 0.717) is 5.56 Å². The predicted octanol–water partition coefficient (Wildman–Crippen LogP) is 1.90. The Labute approximate surface area is 83.5 Å². The highest BCUT2D eigenvalue weighted by Gasteiger charge is 2.07. The van der Waals surface area contributed by atoms with E-state index in [-0.39, 0.29) is 23.3 Å². The summed E-state index contributed by atoms with van der Waals surface area (Å²) in [5.74, 6) is -0.724. The molecule has 2 nitrogen and oxygen atoms in total. The monoisotopic (exact) mass is 246 g/mol. The fourth-order valence-electron chi connectivity index (χ4n) is 0.926. The van der Waals surface area contributed by atoms with E-state index < -0.39 is 5.82 Å². The van der Waals surface area contributed by atoms with Gasteiger partial charge in [-0.05, 0) is 6.07 Å². The Bertz CT molecular complexity index is 325. The molecule has 0 saturated carbocycles. The summed E-state index contributed by atoms with van der Waals surface area (Å²) in [6.07, 6.45) is 0. The summed E-state index contributed by atoms with van der Waals surface area (Å²) < 4.78 is 13.0. The lowest BCUT2D eigenvalue weighted by atomic mass is 10.1. The first kappa shape index (κ1) is 10.3. The van der Waals surface area contributed by atoms with Gasteiger partial charge in [-0.15, -0.1) is 0 Å². The van der Waals surface area contributed by atoms with Gasteiger partial charge in [-0.25, -0.2) is 4.39 Å². The van der Waals surface area contributed by atoms with Crippen LogP contribution in [-0.4, -0.2) is 16.2 Å². The van der Waals surface area contributed by atoms with Crippen molar-refractivity contribution in [1.29, 1.82) is 0 Å². The molecule has 0 saturated heterocycles. The third kappa shape index (κ3) is 2.35. The molecule has 1 rings (SSSR count). The molecule has 4 heteroatoms. The quantitative estimate of drug-likeness (QED) is 0.654. The van der Waals surface area contributed by atoms with Crippen LogP contribution in [0.1, 0.15) is 15.9 Å². The lowest BCUT2D eigenvalue weighted by Crippen LogP contribution is -2.01. The Kier molecular flexibility index (Phi) is 3.57. The first-order chi connectivity index (χ1) is 6.19. The van der Waals surface area contributed by atoms with E-state index in [1.54, 1.807) is 0 Å². The zero-order valence-electron chi connectivity index (χ0n) is 6.76. The molecule has 0 aliphatic carbocycles. The molecule has 1 aromatic carbocycles. The minimum atomic E-state index is -0.547. The molecule has 1 N–H and O–H groups in total.